The molecule has 6 nitrogen and oxygen atoms in total. The van der Waals surface area contributed by atoms with Crippen LogP contribution in [0.15, 0.2) is 23.3 Å². The molecular weight excluding hydrogens is 385 g/mol. The van der Waals surface area contributed by atoms with Crippen LogP contribution >= 0.6 is 22.6 Å². The fraction of sp³-hybridized carbons (Fsp3) is 0.429. The van der Waals surface area contributed by atoms with E-state index in [1.165, 1.54) is 0 Å². The fourth-order valence-electron chi connectivity index (χ4n) is 1.94. The van der Waals surface area contributed by atoms with Gasteiger partial charge in [-0.3, -0.25) is 9.69 Å². The molecule has 0 radical (unpaired) electrons. The molecule has 1 aromatic rings. The van der Waals surface area contributed by atoms with Gasteiger partial charge in [-0.25, -0.2) is 5.43 Å². The van der Waals surface area contributed by atoms with E-state index in [-0.39, 0.29) is 5.91 Å². The Kier molecular flexibility index (Phi) is 6.40. The van der Waals surface area contributed by atoms with Gasteiger partial charge < -0.3 is 9.47 Å². The summed E-state index contributed by atoms with van der Waals surface area (Å²) >= 11 is 2.20. The molecule has 1 fully saturated rings. The number of nitrogens with one attached hydrogen (secondary N) is 1. The zero-order valence-corrected chi connectivity index (χ0v) is 14.0. The first-order valence-corrected chi connectivity index (χ1v) is 7.72. The van der Waals surface area contributed by atoms with Crippen molar-refractivity contribution >= 4 is 34.7 Å². The summed E-state index contributed by atoms with van der Waals surface area (Å²) in [5, 5.41) is 3.98. The topological polar surface area (TPSA) is 63.2 Å². The molecule has 2 rings (SSSR count). The molecule has 21 heavy (non-hydrogen) atoms. The van der Waals surface area contributed by atoms with Gasteiger partial charge in [0.05, 0.1) is 36.7 Å². The van der Waals surface area contributed by atoms with Crippen LogP contribution in [0, 0.1) is 3.57 Å². The van der Waals surface area contributed by atoms with Gasteiger partial charge in [0.15, 0.2) is 0 Å². The van der Waals surface area contributed by atoms with E-state index in [9.17, 15) is 4.79 Å². The first-order valence-electron chi connectivity index (χ1n) is 6.64. The zero-order valence-electron chi connectivity index (χ0n) is 11.8. The monoisotopic (exact) mass is 403 g/mol. The lowest BCUT2D eigenvalue weighted by Gasteiger charge is -2.25. The number of carbonyl (C=O) groups excluding carboxylic acids is 1. The van der Waals surface area contributed by atoms with Crippen LogP contribution in [-0.4, -0.2) is 57.0 Å². The molecule has 7 heteroatoms. The molecule has 1 saturated heterocycles. The highest BCUT2D eigenvalue weighted by molar-refractivity contribution is 14.1. The molecule has 1 heterocycles. The molecule has 114 valence electrons. The number of morpholine rings is 1. The Bertz CT molecular complexity index is 516. The van der Waals surface area contributed by atoms with Gasteiger partial charge in [0.1, 0.15) is 5.75 Å². The molecule has 0 saturated carbocycles. The Morgan fingerprint density at radius 3 is 2.95 bits per heavy atom. The van der Waals surface area contributed by atoms with E-state index < -0.39 is 0 Å². The van der Waals surface area contributed by atoms with Crippen molar-refractivity contribution < 1.29 is 14.3 Å². The molecular formula is C14H18IN3O3. The van der Waals surface area contributed by atoms with E-state index in [4.69, 9.17) is 9.47 Å². The summed E-state index contributed by atoms with van der Waals surface area (Å²) in [5.74, 6) is 0.709. The Morgan fingerprint density at radius 2 is 2.29 bits per heavy atom. The van der Waals surface area contributed by atoms with Crippen molar-refractivity contribution in [3.63, 3.8) is 0 Å². The minimum Gasteiger partial charge on any atom is -0.496 e. The quantitative estimate of drug-likeness (QED) is 0.454. The first-order chi connectivity index (χ1) is 10.2. The van der Waals surface area contributed by atoms with E-state index in [0.717, 1.165) is 28.0 Å². The number of nitrogens with zero attached hydrogens (tertiary/aromatic N) is 2. The number of ether oxygens (including phenoxy) is 2. The van der Waals surface area contributed by atoms with Crippen molar-refractivity contribution in [3.05, 3.63) is 27.3 Å². The molecule has 1 amide bonds. The molecule has 0 spiro atoms. The SMILES string of the molecule is COc1ccc(/C=N\NC(=O)CN2CCOCC2)cc1I. The van der Waals surface area contributed by atoms with Crippen LogP contribution in [0.25, 0.3) is 0 Å². The number of hydrazone groups is 1. The highest BCUT2D eigenvalue weighted by Crippen LogP contribution is 2.20. The molecule has 0 aliphatic carbocycles. The lowest BCUT2D eigenvalue weighted by molar-refractivity contribution is -0.123. The maximum atomic E-state index is 11.7. The minimum atomic E-state index is -0.114. The number of hydrogen-bond donors (Lipinski definition) is 1. The van der Waals surface area contributed by atoms with Crippen LogP contribution in [0.2, 0.25) is 0 Å². The third-order valence-electron chi connectivity index (χ3n) is 3.05. The smallest absolute Gasteiger partial charge is 0.254 e. The molecule has 0 atom stereocenters. The van der Waals surface area contributed by atoms with Crippen molar-refractivity contribution in [2.75, 3.05) is 40.0 Å². The minimum absolute atomic E-state index is 0.114. The third kappa shape index (κ3) is 5.25. The van der Waals surface area contributed by atoms with Gasteiger partial charge in [-0.2, -0.15) is 5.10 Å². The molecule has 0 unspecified atom stereocenters. The van der Waals surface area contributed by atoms with Crippen molar-refractivity contribution in [1.82, 2.24) is 10.3 Å². The van der Waals surface area contributed by atoms with Gasteiger partial charge >= 0.3 is 0 Å². The number of rotatable bonds is 5. The lowest BCUT2D eigenvalue weighted by Crippen LogP contribution is -2.42. The van der Waals surface area contributed by atoms with E-state index in [1.807, 2.05) is 23.1 Å². The summed E-state index contributed by atoms with van der Waals surface area (Å²) in [7, 11) is 1.64. The van der Waals surface area contributed by atoms with Gasteiger partial charge in [-0.1, -0.05) is 0 Å². The molecule has 1 aliphatic rings. The van der Waals surface area contributed by atoms with Crippen LogP contribution in [0.5, 0.6) is 5.75 Å². The zero-order chi connectivity index (χ0) is 15.1. The largest absolute Gasteiger partial charge is 0.496 e. The number of carbonyl (C=O) groups is 1. The maximum absolute atomic E-state index is 11.7. The fourth-order valence-corrected chi connectivity index (χ4v) is 2.70. The van der Waals surface area contributed by atoms with Crippen LogP contribution in [0.3, 0.4) is 0 Å². The lowest BCUT2D eigenvalue weighted by atomic mass is 10.2. The predicted molar refractivity (Wildman–Crippen MR) is 88.7 cm³/mol. The van der Waals surface area contributed by atoms with Gasteiger partial charge in [0.2, 0.25) is 0 Å². The number of hydrogen-bond acceptors (Lipinski definition) is 5. The average molecular weight is 403 g/mol. The highest BCUT2D eigenvalue weighted by atomic mass is 127. The Morgan fingerprint density at radius 1 is 1.52 bits per heavy atom. The Hall–Kier alpha value is -1.19. The van der Waals surface area contributed by atoms with Gasteiger partial charge in [-0.05, 0) is 46.4 Å². The molecule has 0 bridgehead atoms. The third-order valence-corrected chi connectivity index (χ3v) is 3.89. The number of halogens is 1. The second kappa shape index (κ2) is 8.30. The number of benzene rings is 1. The second-order valence-electron chi connectivity index (χ2n) is 4.58. The molecule has 0 aromatic heterocycles. The number of methoxy groups -OCH3 is 1. The van der Waals surface area contributed by atoms with Crippen LogP contribution in [0.1, 0.15) is 5.56 Å². The summed E-state index contributed by atoms with van der Waals surface area (Å²) in [6.45, 7) is 3.28. The molecule has 1 aliphatic heterocycles. The normalized spacial score (nSPS) is 16.1. The van der Waals surface area contributed by atoms with E-state index in [1.54, 1.807) is 13.3 Å². The van der Waals surface area contributed by atoms with Gasteiger partial charge in [-0.15, -0.1) is 0 Å². The summed E-state index contributed by atoms with van der Waals surface area (Å²) in [6.07, 6.45) is 1.62. The van der Waals surface area contributed by atoms with Crippen LogP contribution < -0.4 is 10.2 Å². The average Bonchev–Trinajstić information content (AvgIpc) is 2.48. The van der Waals surface area contributed by atoms with Crippen molar-refractivity contribution in [1.29, 1.82) is 0 Å². The Labute approximate surface area is 137 Å². The van der Waals surface area contributed by atoms with Crippen LogP contribution in [0.4, 0.5) is 0 Å². The number of amides is 1. The molecule has 1 aromatic carbocycles. The summed E-state index contributed by atoms with van der Waals surface area (Å²) in [6, 6.07) is 5.70. The summed E-state index contributed by atoms with van der Waals surface area (Å²) < 4.78 is 11.4. The summed E-state index contributed by atoms with van der Waals surface area (Å²) in [5.41, 5.74) is 3.45. The second-order valence-corrected chi connectivity index (χ2v) is 5.74. The van der Waals surface area contributed by atoms with Gasteiger partial charge in [0.25, 0.3) is 5.91 Å². The predicted octanol–water partition coefficient (Wildman–Crippen LogP) is 1.08. The standard InChI is InChI=1S/C14H18IN3O3/c1-20-13-3-2-11(8-12(13)15)9-16-17-14(19)10-18-4-6-21-7-5-18/h2-3,8-9H,4-7,10H2,1H3,(H,17,19)/b16-9-. The van der Waals surface area contributed by atoms with E-state index >= 15 is 0 Å². The van der Waals surface area contributed by atoms with Crippen LogP contribution in [-0.2, 0) is 9.53 Å². The van der Waals surface area contributed by atoms with Crippen molar-refractivity contribution in [2.24, 2.45) is 5.10 Å². The molecule has 1 N–H and O–H groups in total. The summed E-state index contributed by atoms with van der Waals surface area (Å²) in [4.78, 5) is 13.8. The highest BCUT2D eigenvalue weighted by Gasteiger charge is 2.13. The maximum Gasteiger partial charge on any atom is 0.254 e. The van der Waals surface area contributed by atoms with Crippen molar-refractivity contribution in [3.8, 4) is 5.75 Å². The first kappa shape index (κ1) is 16.2. The Balaban J connectivity index is 1.81. The van der Waals surface area contributed by atoms with E-state index in [2.05, 4.69) is 33.1 Å². The van der Waals surface area contributed by atoms with Gasteiger partial charge in [0, 0.05) is 13.1 Å². The van der Waals surface area contributed by atoms with Crippen molar-refractivity contribution in [2.45, 2.75) is 0 Å². The van der Waals surface area contributed by atoms with E-state index in [0.29, 0.717) is 19.8 Å².